The fourth-order valence-corrected chi connectivity index (χ4v) is 4.19. The van der Waals surface area contributed by atoms with Crippen LogP contribution in [0, 0.1) is 11.5 Å². The average Bonchev–Trinajstić information content (AvgIpc) is 3.21. The smallest absolute Gasteiger partial charge is 0.387 e. The molecule has 4 rings (SSSR count). The number of hydrogen-bond donors (Lipinski definition) is 0. The molecule has 1 radical (unpaired) electrons. The summed E-state index contributed by atoms with van der Waals surface area (Å²) in [7, 11) is 2.10. The van der Waals surface area contributed by atoms with Gasteiger partial charge in [0.15, 0.2) is 0 Å². The quantitative estimate of drug-likeness (QED) is 0.762. The molecule has 3 heterocycles. The van der Waals surface area contributed by atoms with Crippen LogP contribution >= 0.6 is 11.6 Å². The molecule has 1 spiro atoms. The van der Waals surface area contributed by atoms with Gasteiger partial charge in [0.1, 0.15) is 18.0 Å². The van der Waals surface area contributed by atoms with E-state index in [2.05, 4.69) is 27.8 Å². The van der Waals surface area contributed by atoms with Gasteiger partial charge in [0.2, 0.25) is 5.91 Å². The van der Waals surface area contributed by atoms with Crippen molar-refractivity contribution in [2.75, 3.05) is 33.2 Å². The Morgan fingerprint density at radius 2 is 2.18 bits per heavy atom. The maximum Gasteiger partial charge on any atom is 0.387 e. The Morgan fingerprint density at radius 1 is 1.39 bits per heavy atom. The predicted octanol–water partition coefficient (Wildman–Crippen LogP) is 2.77. The van der Waals surface area contributed by atoms with Crippen LogP contribution in [0.4, 0.5) is 8.78 Å². The van der Waals surface area contributed by atoms with Gasteiger partial charge in [0, 0.05) is 47.9 Å². The second-order valence-electron chi connectivity index (χ2n) is 7.58. The summed E-state index contributed by atoms with van der Waals surface area (Å²) in [5, 5.41) is 4.66. The van der Waals surface area contributed by atoms with E-state index in [0.29, 0.717) is 16.3 Å². The molecule has 2 aliphatic rings. The van der Waals surface area contributed by atoms with Gasteiger partial charge in [-0.2, -0.15) is 13.9 Å². The number of carbonyl (C=O) groups excluding carboxylic acids is 1. The van der Waals surface area contributed by atoms with Gasteiger partial charge in [0.25, 0.3) is 0 Å². The monoisotopic (exact) mass is 409 g/mol. The van der Waals surface area contributed by atoms with Crippen LogP contribution in [-0.2, 0) is 11.3 Å². The van der Waals surface area contributed by atoms with E-state index in [9.17, 15) is 13.6 Å². The van der Waals surface area contributed by atoms with Crippen molar-refractivity contribution in [1.82, 2.24) is 19.6 Å². The number of amides is 1. The van der Waals surface area contributed by atoms with E-state index < -0.39 is 6.61 Å². The molecule has 0 atom stereocenters. The first-order chi connectivity index (χ1) is 13.3. The predicted molar refractivity (Wildman–Crippen MR) is 99.3 cm³/mol. The van der Waals surface area contributed by atoms with Crippen LogP contribution in [0.15, 0.2) is 24.4 Å². The maximum absolute atomic E-state index is 12.6. The SMILES string of the molecule is CN1CCC2(C1)CN(C(=O)Cn1c[c]c(-c3cc(Cl)ccc3OC(F)F)n1)C2. The Kier molecular flexibility index (Phi) is 5.01. The normalized spacial score (nSPS) is 18.7. The van der Waals surface area contributed by atoms with E-state index in [-0.39, 0.29) is 23.6 Å². The summed E-state index contributed by atoms with van der Waals surface area (Å²) in [5.74, 6) is -0.0550. The summed E-state index contributed by atoms with van der Waals surface area (Å²) in [6, 6.07) is 7.20. The Labute approximate surface area is 166 Å². The average molecular weight is 410 g/mol. The van der Waals surface area contributed by atoms with Crippen LogP contribution < -0.4 is 4.74 Å². The van der Waals surface area contributed by atoms with Gasteiger partial charge in [-0.25, -0.2) is 0 Å². The highest BCUT2D eigenvalue weighted by Gasteiger charge is 2.48. The summed E-state index contributed by atoms with van der Waals surface area (Å²) in [5.41, 5.74) is 0.841. The molecule has 1 amide bonds. The first-order valence-corrected chi connectivity index (χ1v) is 9.38. The lowest BCUT2D eigenvalue weighted by Crippen LogP contribution is -2.60. The summed E-state index contributed by atoms with van der Waals surface area (Å²) in [4.78, 5) is 16.7. The molecule has 2 aromatic rings. The van der Waals surface area contributed by atoms with Crippen molar-refractivity contribution in [2.24, 2.45) is 5.41 Å². The number of benzene rings is 1. The molecule has 0 N–H and O–H groups in total. The summed E-state index contributed by atoms with van der Waals surface area (Å²) in [6.07, 6.45) is 2.65. The van der Waals surface area contributed by atoms with Crippen molar-refractivity contribution < 1.29 is 18.3 Å². The topological polar surface area (TPSA) is 50.6 Å². The van der Waals surface area contributed by atoms with Gasteiger partial charge in [-0.3, -0.25) is 9.48 Å². The van der Waals surface area contributed by atoms with E-state index >= 15 is 0 Å². The third-order valence-electron chi connectivity index (χ3n) is 5.32. The van der Waals surface area contributed by atoms with Gasteiger partial charge in [-0.1, -0.05) is 11.6 Å². The third kappa shape index (κ3) is 3.84. The van der Waals surface area contributed by atoms with Crippen LogP contribution in [-0.4, -0.2) is 65.3 Å². The molecule has 0 saturated carbocycles. The van der Waals surface area contributed by atoms with Crippen molar-refractivity contribution in [2.45, 2.75) is 19.6 Å². The van der Waals surface area contributed by atoms with Crippen LogP contribution in [0.2, 0.25) is 5.02 Å². The van der Waals surface area contributed by atoms with E-state index in [0.717, 1.165) is 32.6 Å². The first kappa shape index (κ1) is 19.1. The lowest BCUT2D eigenvalue weighted by Gasteiger charge is -2.48. The highest BCUT2D eigenvalue weighted by Crippen LogP contribution is 2.39. The van der Waals surface area contributed by atoms with Crippen molar-refractivity contribution in [3.63, 3.8) is 0 Å². The number of hydrogen-bond acceptors (Lipinski definition) is 4. The highest BCUT2D eigenvalue weighted by atomic mass is 35.5. The lowest BCUT2D eigenvalue weighted by atomic mass is 9.79. The molecule has 6 nitrogen and oxygen atoms in total. The molecule has 0 unspecified atom stereocenters. The Morgan fingerprint density at radius 3 is 2.86 bits per heavy atom. The van der Waals surface area contributed by atoms with Crippen LogP contribution in [0.5, 0.6) is 5.75 Å². The molecule has 1 aromatic heterocycles. The second-order valence-corrected chi connectivity index (χ2v) is 8.01. The second kappa shape index (κ2) is 7.33. The number of rotatable bonds is 5. The summed E-state index contributed by atoms with van der Waals surface area (Å²) in [6.45, 7) is 0.759. The first-order valence-electron chi connectivity index (χ1n) is 9.00. The molecule has 149 valence electrons. The number of nitrogens with zero attached hydrogens (tertiary/aromatic N) is 4. The van der Waals surface area contributed by atoms with Crippen LogP contribution in [0.3, 0.4) is 0 Å². The molecular formula is C19H20ClF2N4O2. The fraction of sp³-hybridized carbons (Fsp3) is 0.474. The van der Waals surface area contributed by atoms with Gasteiger partial charge in [0.05, 0.1) is 0 Å². The zero-order valence-corrected chi connectivity index (χ0v) is 16.1. The van der Waals surface area contributed by atoms with E-state index in [1.807, 2.05) is 4.90 Å². The molecular weight excluding hydrogens is 390 g/mol. The van der Waals surface area contributed by atoms with Crippen molar-refractivity contribution in [3.05, 3.63) is 35.5 Å². The Balaban J connectivity index is 1.43. The minimum atomic E-state index is -2.96. The Hall–Kier alpha value is -2.19. The molecule has 28 heavy (non-hydrogen) atoms. The number of halogens is 3. The zero-order chi connectivity index (χ0) is 19.9. The number of likely N-dealkylation sites (tertiary alicyclic amines) is 2. The molecule has 0 bridgehead atoms. The van der Waals surface area contributed by atoms with Crippen LogP contribution in [0.1, 0.15) is 6.42 Å². The standard InChI is InChI=1S/C19H20ClF2N4O2/c1-24-7-5-19(10-24)11-25(12-19)17(27)9-26-6-4-15(23-26)14-8-13(20)2-3-16(14)28-18(21)22/h2-3,6,8,18H,5,7,9-12H2,1H3. The maximum atomic E-state index is 12.6. The summed E-state index contributed by atoms with van der Waals surface area (Å²) >= 11 is 5.98. The van der Waals surface area contributed by atoms with Gasteiger partial charge in [-0.15, -0.1) is 0 Å². The van der Waals surface area contributed by atoms with E-state index in [1.165, 1.54) is 29.1 Å². The minimum absolute atomic E-state index is 0.0154. The third-order valence-corrected chi connectivity index (χ3v) is 5.56. The lowest BCUT2D eigenvalue weighted by molar-refractivity contribution is -0.143. The van der Waals surface area contributed by atoms with Crippen molar-refractivity contribution in [1.29, 1.82) is 0 Å². The van der Waals surface area contributed by atoms with Crippen molar-refractivity contribution in [3.8, 4) is 17.0 Å². The van der Waals surface area contributed by atoms with Gasteiger partial charge >= 0.3 is 6.61 Å². The molecule has 1 aromatic carbocycles. The molecule has 0 aliphatic carbocycles. The Bertz CT molecular complexity index is 883. The van der Waals surface area contributed by atoms with Gasteiger partial charge in [-0.05, 0) is 38.2 Å². The minimum Gasteiger partial charge on any atom is -0.434 e. The van der Waals surface area contributed by atoms with Gasteiger partial charge < -0.3 is 14.5 Å². The number of ether oxygens (including phenoxy) is 1. The molecule has 2 aliphatic heterocycles. The zero-order valence-electron chi connectivity index (χ0n) is 15.4. The number of carbonyl (C=O) groups is 1. The van der Waals surface area contributed by atoms with E-state index in [1.54, 1.807) is 0 Å². The molecule has 9 heteroatoms. The number of aromatic nitrogens is 2. The largest absolute Gasteiger partial charge is 0.434 e. The molecule has 2 saturated heterocycles. The summed E-state index contributed by atoms with van der Waals surface area (Å²) < 4.78 is 31.3. The van der Waals surface area contributed by atoms with Crippen molar-refractivity contribution >= 4 is 17.5 Å². The van der Waals surface area contributed by atoms with Crippen LogP contribution in [0.25, 0.3) is 11.3 Å². The van der Waals surface area contributed by atoms with E-state index in [4.69, 9.17) is 11.6 Å². The molecule has 2 fully saturated rings. The number of alkyl halides is 2. The fourth-order valence-electron chi connectivity index (χ4n) is 4.02. The highest BCUT2D eigenvalue weighted by molar-refractivity contribution is 6.30.